The number of hydrogen-bond donors (Lipinski definition) is 0. The van der Waals surface area contributed by atoms with Gasteiger partial charge < -0.3 is 0 Å². The van der Waals surface area contributed by atoms with Gasteiger partial charge in [-0.25, -0.2) is 0 Å². The van der Waals surface area contributed by atoms with Gasteiger partial charge in [0.05, 0.1) is 10.6 Å². The van der Waals surface area contributed by atoms with Crippen molar-refractivity contribution in [1.29, 1.82) is 0 Å². The highest BCUT2D eigenvalue weighted by molar-refractivity contribution is 5.33. The molecule has 0 radical (unpaired) electrons. The third-order valence-electron chi connectivity index (χ3n) is 2.95. The molecule has 2 heterocycles. The van der Waals surface area contributed by atoms with Crippen LogP contribution < -0.4 is 0 Å². The molecule has 0 fully saturated rings. The van der Waals surface area contributed by atoms with Crippen molar-refractivity contribution in [3.8, 4) is 5.69 Å². The number of hydrogen-bond acceptors (Lipinski definition) is 6. The lowest BCUT2D eigenvalue weighted by Gasteiger charge is -2.04. The van der Waals surface area contributed by atoms with Crippen molar-refractivity contribution in [2.45, 2.75) is 13.5 Å². The van der Waals surface area contributed by atoms with Crippen LogP contribution in [0.4, 0.5) is 5.69 Å². The van der Waals surface area contributed by atoms with Crippen molar-refractivity contribution >= 4 is 5.69 Å². The Balaban J connectivity index is 1.88. The van der Waals surface area contributed by atoms with Gasteiger partial charge in [-0.3, -0.25) is 14.8 Å². The van der Waals surface area contributed by atoms with Crippen LogP contribution in [0, 0.1) is 17.0 Å². The van der Waals surface area contributed by atoms with E-state index in [1.807, 2.05) is 31.2 Å². The van der Waals surface area contributed by atoms with Crippen LogP contribution >= 0.6 is 0 Å². The van der Waals surface area contributed by atoms with Crippen molar-refractivity contribution in [3.05, 3.63) is 58.2 Å². The smallest absolute Gasteiger partial charge is 0.258 e. The van der Waals surface area contributed by atoms with E-state index in [4.69, 9.17) is 0 Å². The van der Waals surface area contributed by atoms with Gasteiger partial charge in [-0.15, -0.1) is 5.10 Å². The Labute approximate surface area is 119 Å². The molecular weight excluding hydrogens is 274 g/mol. The fourth-order valence-electron chi connectivity index (χ4n) is 1.87. The Kier molecular flexibility index (Phi) is 3.14. The van der Waals surface area contributed by atoms with E-state index in [9.17, 15) is 10.1 Å². The number of tetrazole rings is 1. The fourth-order valence-corrected chi connectivity index (χ4v) is 1.87. The monoisotopic (exact) mass is 285 g/mol. The SMILES string of the molecule is Cc1ccc(-n2nnnc2Cn2cc([N+](=O)[O-])cn2)cc1. The van der Waals surface area contributed by atoms with Gasteiger partial charge in [-0.2, -0.15) is 9.78 Å². The van der Waals surface area contributed by atoms with E-state index in [2.05, 4.69) is 20.6 Å². The van der Waals surface area contributed by atoms with E-state index < -0.39 is 4.92 Å². The summed E-state index contributed by atoms with van der Waals surface area (Å²) >= 11 is 0. The van der Waals surface area contributed by atoms with Gasteiger partial charge in [-0.1, -0.05) is 17.7 Å². The molecule has 9 nitrogen and oxygen atoms in total. The first kappa shape index (κ1) is 12.9. The van der Waals surface area contributed by atoms with Gasteiger partial charge in [0.25, 0.3) is 0 Å². The molecular formula is C12H11N7O2. The standard InChI is InChI=1S/C12H11N7O2/c1-9-2-4-10(5-3-9)18-12(14-15-16-18)8-17-7-11(6-13-17)19(20)21/h2-7H,8H2,1H3. The zero-order chi connectivity index (χ0) is 14.8. The molecule has 0 amide bonds. The lowest BCUT2D eigenvalue weighted by Crippen LogP contribution is -2.09. The molecule has 0 atom stereocenters. The van der Waals surface area contributed by atoms with E-state index in [0.717, 1.165) is 11.3 Å². The molecule has 0 saturated carbocycles. The van der Waals surface area contributed by atoms with Crippen LogP contribution in [0.2, 0.25) is 0 Å². The highest BCUT2D eigenvalue weighted by atomic mass is 16.6. The normalized spacial score (nSPS) is 10.7. The Morgan fingerprint density at radius 3 is 2.71 bits per heavy atom. The molecule has 2 aromatic heterocycles. The molecule has 0 aliphatic rings. The molecule has 3 rings (SSSR count). The molecule has 1 aromatic carbocycles. The molecule has 0 spiro atoms. The molecule has 0 aliphatic carbocycles. The van der Waals surface area contributed by atoms with Crippen LogP contribution in [0.3, 0.4) is 0 Å². The molecule has 0 bridgehead atoms. The lowest BCUT2D eigenvalue weighted by molar-refractivity contribution is -0.385. The van der Waals surface area contributed by atoms with Crippen LogP contribution in [0.5, 0.6) is 0 Å². The zero-order valence-corrected chi connectivity index (χ0v) is 11.1. The van der Waals surface area contributed by atoms with Crippen LogP contribution in [-0.4, -0.2) is 34.9 Å². The zero-order valence-electron chi connectivity index (χ0n) is 11.1. The maximum Gasteiger partial charge on any atom is 0.307 e. The average Bonchev–Trinajstić information content (AvgIpc) is 3.10. The lowest BCUT2D eigenvalue weighted by atomic mass is 10.2. The predicted molar refractivity (Wildman–Crippen MR) is 71.9 cm³/mol. The van der Waals surface area contributed by atoms with E-state index in [1.165, 1.54) is 17.1 Å². The number of nitrogens with zero attached hydrogens (tertiary/aromatic N) is 7. The largest absolute Gasteiger partial charge is 0.307 e. The summed E-state index contributed by atoms with van der Waals surface area (Å²) in [6, 6.07) is 7.72. The van der Waals surface area contributed by atoms with Crippen LogP contribution in [-0.2, 0) is 6.54 Å². The summed E-state index contributed by atoms with van der Waals surface area (Å²) in [5, 5.41) is 26.1. The highest BCUT2D eigenvalue weighted by Gasteiger charge is 2.13. The first-order chi connectivity index (χ1) is 10.1. The third-order valence-corrected chi connectivity index (χ3v) is 2.95. The summed E-state index contributed by atoms with van der Waals surface area (Å²) in [7, 11) is 0. The van der Waals surface area contributed by atoms with Gasteiger partial charge in [0, 0.05) is 0 Å². The summed E-state index contributed by atoms with van der Waals surface area (Å²) in [6.45, 7) is 2.24. The second-order valence-electron chi connectivity index (χ2n) is 4.50. The van der Waals surface area contributed by atoms with Crippen molar-refractivity contribution in [3.63, 3.8) is 0 Å². The minimum absolute atomic E-state index is 0.0654. The number of nitro groups is 1. The summed E-state index contributed by atoms with van der Waals surface area (Å²) in [4.78, 5) is 10.2. The quantitative estimate of drug-likeness (QED) is 0.525. The Morgan fingerprint density at radius 2 is 2.05 bits per heavy atom. The van der Waals surface area contributed by atoms with E-state index in [-0.39, 0.29) is 12.2 Å². The number of rotatable bonds is 4. The number of aromatic nitrogens is 6. The van der Waals surface area contributed by atoms with Crippen molar-refractivity contribution in [1.82, 2.24) is 30.0 Å². The summed E-state index contributed by atoms with van der Waals surface area (Å²) in [6.07, 6.45) is 2.54. The fraction of sp³-hybridized carbons (Fsp3) is 0.167. The summed E-state index contributed by atoms with van der Waals surface area (Å²) in [5.41, 5.74) is 1.89. The minimum atomic E-state index is -0.494. The van der Waals surface area contributed by atoms with Gasteiger partial charge >= 0.3 is 5.69 Å². The van der Waals surface area contributed by atoms with Crippen LogP contribution in [0.15, 0.2) is 36.7 Å². The van der Waals surface area contributed by atoms with Gasteiger partial charge in [-0.05, 0) is 29.5 Å². The Bertz CT molecular complexity index is 775. The molecule has 9 heteroatoms. The maximum atomic E-state index is 10.6. The van der Waals surface area contributed by atoms with E-state index in [0.29, 0.717) is 5.82 Å². The van der Waals surface area contributed by atoms with Gasteiger partial charge in [0.2, 0.25) is 0 Å². The Hall–Kier alpha value is -3.10. The maximum absolute atomic E-state index is 10.6. The van der Waals surface area contributed by atoms with E-state index in [1.54, 1.807) is 4.68 Å². The molecule has 0 N–H and O–H groups in total. The second kappa shape index (κ2) is 5.12. The van der Waals surface area contributed by atoms with Gasteiger partial charge in [0.15, 0.2) is 5.82 Å². The van der Waals surface area contributed by atoms with Crippen LogP contribution in [0.1, 0.15) is 11.4 Å². The Morgan fingerprint density at radius 1 is 1.29 bits per heavy atom. The molecule has 3 aromatic rings. The van der Waals surface area contributed by atoms with Gasteiger partial charge in [0.1, 0.15) is 18.9 Å². The molecule has 0 saturated heterocycles. The van der Waals surface area contributed by atoms with Crippen molar-refractivity contribution < 1.29 is 4.92 Å². The van der Waals surface area contributed by atoms with E-state index >= 15 is 0 Å². The topological polar surface area (TPSA) is 105 Å². The average molecular weight is 285 g/mol. The molecule has 0 unspecified atom stereocenters. The summed E-state index contributed by atoms with van der Waals surface area (Å²) in [5.74, 6) is 0.539. The summed E-state index contributed by atoms with van der Waals surface area (Å²) < 4.78 is 3.00. The number of aryl methyl sites for hydroxylation is 1. The third kappa shape index (κ3) is 2.61. The highest BCUT2D eigenvalue weighted by Crippen LogP contribution is 2.12. The predicted octanol–water partition coefficient (Wildman–Crippen LogP) is 1.12. The molecule has 21 heavy (non-hydrogen) atoms. The van der Waals surface area contributed by atoms with Crippen molar-refractivity contribution in [2.24, 2.45) is 0 Å². The number of benzene rings is 1. The molecule has 0 aliphatic heterocycles. The molecule has 106 valence electrons. The second-order valence-corrected chi connectivity index (χ2v) is 4.50. The van der Waals surface area contributed by atoms with Crippen LogP contribution in [0.25, 0.3) is 5.69 Å². The first-order valence-corrected chi connectivity index (χ1v) is 6.14. The minimum Gasteiger partial charge on any atom is -0.258 e. The van der Waals surface area contributed by atoms with Crippen molar-refractivity contribution in [2.75, 3.05) is 0 Å². The first-order valence-electron chi connectivity index (χ1n) is 6.14.